The largest absolute Gasteiger partial charge is 0.310 e. The van der Waals surface area contributed by atoms with Gasteiger partial charge in [0.15, 0.2) is 5.84 Å². The topological polar surface area (TPSA) is 28.0 Å². The zero-order valence-electron chi connectivity index (χ0n) is 34.4. The average Bonchev–Trinajstić information content (AvgIpc) is 3.34. The quantitative estimate of drug-likeness (QED) is 0.162. The number of hydrogen-bond donors (Lipinski definition) is 0. The highest BCUT2D eigenvalue weighted by atomic mass is 32.2. The molecule has 0 unspecified atom stereocenters. The van der Waals surface area contributed by atoms with Crippen LogP contribution >= 0.6 is 11.8 Å². The van der Waals surface area contributed by atoms with E-state index < -0.39 is 0 Å². The van der Waals surface area contributed by atoms with Gasteiger partial charge < -0.3 is 4.90 Å². The number of amidine groups is 1. The first-order valence-corrected chi connectivity index (χ1v) is 22.2. The van der Waals surface area contributed by atoms with Crippen LogP contribution in [-0.2, 0) is 6.42 Å². The second-order valence-corrected chi connectivity index (χ2v) is 17.3. The lowest BCUT2D eigenvalue weighted by Gasteiger charge is -2.34. The summed E-state index contributed by atoms with van der Waals surface area (Å²) in [6.45, 7) is 4.66. The molecule has 296 valence electrons. The van der Waals surface area contributed by atoms with Crippen LogP contribution in [0.5, 0.6) is 0 Å². The van der Waals surface area contributed by atoms with Crippen molar-refractivity contribution in [3.63, 3.8) is 0 Å². The SMILES string of the molecule is C=C1Sc2ccc(-c3ccccc3)cc2N=C(c2cc3c4ccccc4c4ccccc4c3cc2-c2ccc3c(c2)Cc2ccccc2N3c2ccccc2)N=C1c1ccccc1. The predicted molar refractivity (Wildman–Crippen MR) is 268 cm³/mol. The third-order valence-electron chi connectivity index (χ3n) is 12.4. The first kappa shape index (κ1) is 37.0. The van der Waals surface area contributed by atoms with Crippen LogP contribution in [0.1, 0.15) is 22.3 Å². The van der Waals surface area contributed by atoms with Gasteiger partial charge in [-0.15, -0.1) is 0 Å². The van der Waals surface area contributed by atoms with Crippen molar-refractivity contribution in [3.05, 3.63) is 246 Å². The van der Waals surface area contributed by atoms with Gasteiger partial charge in [0.2, 0.25) is 0 Å². The molecule has 0 bridgehead atoms. The van der Waals surface area contributed by atoms with Gasteiger partial charge in [-0.25, -0.2) is 9.98 Å². The summed E-state index contributed by atoms with van der Waals surface area (Å²) in [6, 6.07) is 76.3. The van der Waals surface area contributed by atoms with E-state index in [1.165, 1.54) is 49.4 Å². The Morgan fingerprint density at radius 1 is 0.413 bits per heavy atom. The van der Waals surface area contributed by atoms with Crippen LogP contribution < -0.4 is 4.90 Å². The molecule has 0 saturated carbocycles. The van der Waals surface area contributed by atoms with Crippen molar-refractivity contribution >= 4 is 78.4 Å². The number of fused-ring (bicyclic) bond motifs is 9. The highest BCUT2D eigenvalue weighted by molar-refractivity contribution is 8.04. The second kappa shape index (κ2) is 15.3. The first-order valence-electron chi connectivity index (χ1n) is 21.4. The first-order chi connectivity index (χ1) is 31.1. The molecule has 0 aliphatic carbocycles. The molecule has 2 aliphatic rings. The number of para-hydroxylation sites is 2. The molecule has 0 N–H and O–H groups in total. The van der Waals surface area contributed by atoms with Crippen LogP contribution in [0.3, 0.4) is 0 Å². The molecule has 0 spiro atoms. The number of aliphatic imine (C=N–C) groups is 2. The number of thioether (sulfide) groups is 1. The number of benzene rings is 10. The lowest BCUT2D eigenvalue weighted by atomic mass is 9.87. The number of rotatable bonds is 5. The minimum atomic E-state index is 0.643. The summed E-state index contributed by atoms with van der Waals surface area (Å²) in [7, 11) is 0. The van der Waals surface area contributed by atoms with Crippen molar-refractivity contribution in [2.75, 3.05) is 4.90 Å². The zero-order chi connectivity index (χ0) is 41.9. The number of nitrogens with zero attached hydrogens (tertiary/aromatic N) is 3. The molecule has 0 fully saturated rings. The number of hydrogen-bond acceptors (Lipinski definition) is 4. The Hall–Kier alpha value is -7.79. The van der Waals surface area contributed by atoms with Crippen molar-refractivity contribution in [2.45, 2.75) is 11.3 Å². The van der Waals surface area contributed by atoms with Crippen LogP contribution in [-0.4, -0.2) is 11.5 Å². The van der Waals surface area contributed by atoms with Gasteiger partial charge in [0.1, 0.15) is 0 Å². The Bertz CT molecular complexity index is 3520. The van der Waals surface area contributed by atoms with E-state index in [4.69, 9.17) is 9.98 Å². The Morgan fingerprint density at radius 3 is 1.67 bits per heavy atom. The second-order valence-electron chi connectivity index (χ2n) is 16.2. The van der Waals surface area contributed by atoms with Crippen LogP contribution in [0.25, 0.3) is 54.6 Å². The van der Waals surface area contributed by atoms with Gasteiger partial charge in [0.25, 0.3) is 0 Å². The third kappa shape index (κ3) is 6.46. The van der Waals surface area contributed by atoms with E-state index in [9.17, 15) is 0 Å². The molecule has 2 heterocycles. The van der Waals surface area contributed by atoms with E-state index in [1.807, 2.05) is 6.07 Å². The zero-order valence-corrected chi connectivity index (χ0v) is 35.2. The van der Waals surface area contributed by atoms with Gasteiger partial charge >= 0.3 is 0 Å². The van der Waals surface area contributed by atoms with Crippen molar-refractivity contribution in [2.24, 2.45) is 9.98 Å². The van der Waals surface area contributed by atoms with E-state index in [-0.39, 0.29) is 0 Å². The maximum Gasteiger partial charge on any atom is 0.161 e. The summed E-state index contributed by atoms with van der Waals surface area (Å²) in [6.07, 6.45) is 0.823. The summed E-state index contributed by atoms with van der Waals surface area (Å²) in [5.74, 6) is 0.643. The highest BCUT2D eigenvalue weighted by Gasteiger charge is 2.26. The standard InChI is InChI=1S/C59H39N3S/c1-38-58(40-19-7-3-8-20-40)61-59(60-54-35-41(30-32-57(54)63-38)39-17-5-2-6-18-39)53-37-52-49-27-15-13-25-47(49)46-24-12-14-26-48(46)51(52)36-50(53)42-29-31-56-44(33-42)34-43-21-11-16-28-55(43)62(56)45-22-9-4-10-23-45/h2-33,35-37H,1,34H2. The van der Waals surface area contributed by atoms with Crippen LogP contribution in [0, 0.1) is 0 Å². The van der Waals surface area contributed by atoms with Crippen LogP contribution in [0.2, 0.25) is 0 Å². The molecule has 0 aromatic heterocycles. The molecule has 0 atom stereocenters. The lowest BCUT2D eigenvalue weighted by Crippen LogP contribution is -2.18. The molecule has 0 amide bonds. The summed E-state index contributed by atoms with van der Waals surface area (Å²) < 4.78 is 0. The van der Waals surface area contributed by atoms with Gasteiger partial charge in [0, 0.05) is 44.4 Å². The fraction of sp³-hybridized carbons (Fsp3) is 0.0169. The molecule has 2 aliphatic heterocycles. The predicted octanol–water partition coefficient (Wildman–Crippen LogP) is 16.0. The van der Waals surface area contributed by atoms with Crippen LogP contribution in [0.15, 0.2) is 239 Å². The summed E-state index contributed by atoms with van der Waals surface area (Å²) in [5.41, 5.74) is 14.2. The molecule has 10 aromatic carbocycles. The van der Waals surface area contributed by atoms with Gasteiger partial charge in [-0.1, -0.05) is 176 Å². The summed E-state index contributed by atoms with van der Waals surface area (Å²) in [5, 5.41) is 7.24. The molecule has 3 nitrogen and oxygen atoms in total. The smallest absolute Gasteiger partial charge is 0.161 e. The molecule has 0 saturated heterocycles. The fourth-order valence-electron chi connectivity index (χ4n) is 9.49. The Labute approximate surface area is 371 Å². The summed E-state index contributed by atoms with van der Waals surface area (Å²) >= 11 is 1.63. The molecule has 0 radical (unpaired) electrons. The molecular weight excluding hydrogens is 783 g/mol. The van der Waals surface area contributed by atoms with E-state index >= 15 is 0 Å². The van der Waals surface area contributed by atoms with Crippen LogP contribution in [0.4, 0.5) is 22.7 Å². The van der Waals surface area contributed by atoms with Gasteiger partial charge in [-0.3, -0.25) is 0 Å². The highest BCUT2D eigenvalue weighted by Crippen LogP contribution is 2.47. The molecule has 4 heteroatoms. The normalized spacial score (nSPS) is 13.5. The van der Waals surface area contributed by atoms with Gasteiger partial charge in [-0.2, -0.15) is 0 Å². The van der Waals surface area contributed by atoms with Crippen molar-refractivity contribution < 1.29 is 0 Å². The summed E-state index contributed by atoms with van der Waals surface area (Å²) in [4.78, 5) is 15.5. The van der Waals surface area contributed by atoms with Gasteiger partial charge in [0.05, 0.1) is 11.4 Å². The molecule has 12 rings (SSSR count). The fourth-order valence-corrected chi connectivity index (χ4v) is 10.4. The lowest BCUT2D eigenvalue weighted by molar-refractivity contribution is 1.09. The maximum absolute atomic E-state index is 5.63. The van der Waals surface area contributed by atoms with E-state index in [1.54, 1.807) is 11.8 Å². The third-order valence-corrected chi connectivity index (χ3v) is 13.4. The number of allylic oxidation sites excluding steroid dienone is 1. The monoisotopic (exact) mass is 821 g/mol. The van der Waals surface area contributed by atoms with E-state index in [0.29, 0.717) is 5.84 Å². The Kier molecular flexibility index (Phi) is 8.98. The molecule has 63 heavy (non-hydrogen) atoms. The van der Waals surface area contributed by atoms with Crippen molar-refractivity contribution in [1.29, 1.82) is 0 Å². The molecular formula is C59H39N3S. The minimum Gasteiger partial charge on any atom is -0.310 e. The average molecular weight is 822 g/mol. The maximum atomic E-state index is 5.63. The minimum absolute atomic E-state index is 0.643. The Morgan fingerprint density at radius 2 is 0.968 bits per heavy atom. The van der Waals surface area contributed by atoms with Crippen molar-refractivity contribution in [3.8, 4) is 22.3 Å². The number of anilines is 3. The van der Waals surface area contributed by atoms with Gasteiger partial charge in [-0.05, 0) is 120 Å². The molecule has 10 aromatic rings. The van der Waals surface area contributed by atoms with E-state index in [2.05, 4.69) is 218 Å². The van der Waals surface area contributed by atoms with Crippen molar-refractivity contribution in [1.82, 2.24) is 0 Å². The Balaban J connectivity index is 1.16. The van der Waals surface area contributed by atoms with E-state index in [0.717, 1.165) is 72.1 Å².